The maximum atomic E-state index is 11.5. The first-order valence-electron chi connectivity index (χ1n) is 6.06. The van der Waals surface area contributed by atoms with Gasteiger partial charge in [0.1, 0.15) is 5.75 Å². The molecule has 1 rings (SSSR count). The van der Waals surface area contributed by atoms with Gasteiger partial charge in [0.2, 0.25) is 0 Å². The monoisotopic (exact) mass is 244 g/mol. The Bertz CT molecular complexity index is 337. The third-order valence-electron chi connectivity index (χ3n) is 2.56. The second kappa shape index (κ2) is 9.69. The SMILES string of the molecule is CCCCCC(=O)Oc1ccccc1CC.[NaH]. The van der Waals surface area contributed by atoms with Crippen molar-refractivity contribution in [2.45, 2.75) is 46.0 Å². The van der Waals surface area contributed by atoms with E-state index in [1.165, 1.54) is 0 Å². The summed E-state index contributed by atoms with van der Waals surface area (Å²) in [5.41, 5.74) is 1.09. The molecule has 0 atom stereocenters. The molecular formula is C14H21NaO2. The van der Waals surface area contributed by atoms with E-state index in [9.17, 15) is 4.79 Å². The van der Waals surface area contributed by atoms with Gasteiger partial charge in [-0.2, -0.15) is 0 Å². The van der Waals surface area contributed by atoms with Crippen molar-refractivity contribution in [1.82, 2.24) is 0 Å². The average molecular weight is 244 g/mol. The maximum absolute atomic E-state index is 11.5. The van der Waals surface area contributed by atoms with Crippen molar-refractivity contribution in [3.05, 3.63) is 29.8 Å². The molecule has 17 heavy (non-hydrogen) atoms. The fraction of sp³-hybridized carbons (Fsp3) is 0.500. The first kappa shape index (κ1) is 16.7. The number of rotatable bonds is 6. The number of carbonyl (C=O) groups excluding carboxylic acids is 1. The number of benzene rings is 1. The molecule has 0 spiro atoms. The number of aryl methyl sites for hydroxylation is 1. The zero-order valence-electron chi connectivity index (χ0n) is 10.2. The van der Waals surface area contributed by atoms with Crippen LogP contribution in [0, 0.1) is 0 Å². The minimum atomic E-state index is -0.116. The molecule has 2 nitrogen and oxygen atoms in total. The van der Waals surface area contributed by atoms with Gasteiger partial charge in [-0.1, -0.05) is 44.9 Å². The topological polar surface area (TPSA) is 26.3 Å². The van der Waals surface area contributed by atoms with E-state index in [0.717, 1.165) is 31.2 Å². The second-order valence-corrected chi connectivity index (χ2v) is 3.89. The van der Waals surface area contributed by atoms with Crippen LogP contribution in [0.5, 0.6) is 5.75 Å². The number of para-hydroxylation sites is 1. The molecule has 0 aliphatic carbocycles. The van der Waals surface area contributed by atoms with Crippen molar-refractivity contribution in [1.29, 1.82) is 0 Å². The van der Waals surface area contributed by atoms with Gasteiger partial charge in [-0.25, -0.2) is 0 Å². The molecule has 3 heteroatoms. The summed E-state index contributed by atoms with van der Waals surface area (Å²) < 4.78 is 5.34. The average Bonchev–Trinajstić information content (AvgIpc) is 2.30. The van der Waals surface area contributed by atoms with Crippen molar-refractivity contribution in [3.63, 3.8) is 0 Å². The van der Waals surface area contributed by atoms with Gasteiger partial charge in [-0.15, -0.1) is 0 Å². The quantitative estimate of drug-likeness (QED) is 0.333. The van der Waals surface area contributed by atoms with E-state index < -0.39 is 0 Å². The van der Waals surface area contributed by atoms with Gasteiger partial charge in [-0.3, -0.25) is 4.79 Å². The molecule has 0 unspecified atom stereocenters. The summed E-state index contributed by atoms with van der Waals surface area (Å²) in [5, 5.41) is 0. The Labute approximate surface area is 126 Å². The molecule has 90 valence electrons. The zero-order chi connectivity index (χ0) is 11.8. The first-order chi connectivity index (χ1) is 7.77. The molecule has 0 N–H and O–H groups in total. The van der Waals surface area contributed by atoms with Crippen molar-refractivity contribution in [2.24, 2.45) is 0 Å². The summed E-state index contributed by atoms with van der Waals surface area (Å²) in [7, 11) is 0. The fourth-order valence-electron chi connectivity index (χ4n) is 1.59. The summed E-state index contributed by atoms with van der Waals surface area (Å²) in [6.07, 6.45) is 4.54. The van der Waals surface area contributed by atoms with Crippen molar-refractivity contribution in [2.75, 3.05) is 0 Å². The molecule has 0 saturated heterocycles. The molecule has 0 fully saturated rings. The van der Waals surface area contributed by atoms with E-state index in [4.69, 9.17) is 4.74 Å². The molecule has 0 saturated carbocycles. The van der Waals surface area contributed by atoms with E-state index in [0.29, 0.717) is 12.2 Å². The second-order valence-electron chi connectivity index (χ2n) is 3.89. The van der Waals surface area contributed by atoms with Crippen LogP contribution >= 0.6 is 0 Å². The molecular weight excluding hydrogens is 223 g/mol. The molecule has 0 aliphatic rings. The predicted octanol–water partition coefficient (Wildman–Crippen LogP) is 3.09. The van der Waals surface area contributed by atoms with Crippen LogP contribution in [0.1, 0.15) is 45.1 Å². The summed E-state index contributed by atoms with van der Waals surface area (Å²) in [6.45, 7) is 4.18. The first-order valence-corrected chi connectivity index (χ1v) is 6.06. The van der Waals surface area contributed by atoms with E-state index >= 15 is 0 Å². The number of hydrogen-bond acceptors (Lipinski definition) is 2. The number of esters is 1. The standard InChI is InChI=1S/C14H20O2.Na.H/c1-3-5-6-11-14(15)16-13-10-8-7-9-12(13)4-2;;/h7-10H,3-6,11H2,1-2H3;;. The summed E-state index contributed by atoms with van der Waals surface area (Å²) in [4.78, 5) is 11.5. The molecule has 0 radical (unpaired) electrons. The Morgan fingerprint density at radius 2 is 1.88 bits per heavy atom. The normalized spacial score (nSPS) is 9.53. The number of ether oxygens (including phenoxy) is 1. The summed E-state index contributed by atoms with van der Waals surface area (Å²) in [5.74, 6) is 0.598. The van der Waals surface area contributed by atoms with Gasteiger partial charge in [0, 0.05) is 6.42 Å². The molecule has 1 aromatic rings. The zero-order valence-corrected chi connectivity index (χ0v) is 10.2. The third kappa shape index (κ3) is 6.25. The van der Waals surface area contributed by atoms with Gasteiger partial charge in [0.25, 0.3) is 0 Å². The number of unbranched alkanes of at least 4 members (excludes halogenated alkanes) is 2. The Balaban J connectivity index is 0.00000256. The van der Waals surface area contributed by atoms with Crippen LogP contribution < -0.4 is 4.74 Å². The fourth-order valence-corrected chi connectivity index (χ4v) is 1.59. The summed E-state index contributed by atoms with van der Waals surface area (Å²) >= 11 is 0. The van der Waals surface area contributed by atoms with Gasteiger partial charge >= 0.3 is 35.5 Å². The third-order valence-corrected chi connectivity index (χ3v) is 2.56. The van der Waals surface area contributed by atoms with Gasteiger partial charge in [-0.05, 0) is 24.5 Å². The number of carbonyl (C=O) groups is 1. The van der Waals surface area contributed by atoms with Crippen LogP contribution in [-0.2, 0) is 11.2 Å². The van der Waals surface area contributed by atoms with Gasteiger partial charge in [0.05, 0.1) is 0 Å². The molecule has 0 amide bonds. The van der Waals surface area contributed by atoms with Crippen LogP contribution in [0.3, 0.4) is 0 Å². The molecule has 0 aliphatic heterocycles. The molecule has 1 aromatic carbocycles. The van der Waals surface area contributed by atoms with Gasteiger partial charge < -0.3 is 4.74 Å². The molecule has 0 bridgehead atoms. The van der Waals surface area contributed by atoms with Crippen LogP contribution in [0.15, 0.2) is 24.3 Å². The Kier molecular flexibility index (Phi) is 9.52. The van der Waals surface area contributed by atoms with Crippen LogP contribution in [0.4, 0.5) is 0 Å². The molecule has 0 aromatic heterocycles. The van der Waals surface area contributed by atoms with Gasteiger partial charge in [0.15, 0.2) is 0 Å². The number of hydrogen-bond donors (Lipinski definition) is 0. The summed E-state index contributed by atoms with van der Waals surface area (Å²) in [6, 6.07) is 7.71. The predicted molar refractivity (Wildman–Crippen MR) is 72.7 cm³/mol. The van der Waals surface area contributed by atoms with Crippen LogP contribution in [0.25, 0.3) is 0 Å². The molecule has 0 heterocycles. The van der Waals surface area contributed by atoms with Crippen LogP contribution in [-0.4, -0.2) is 35.5 Å². The van der Waals surface area contributed by atoms with Crippen molar-refractivity contribution in [3.8, 4) is 5.75 Å². The van der Waals surface area contributed by atoms with E-state index in [1.54, 1.807) is 0 Å². The Morgan fingerprint density at radius 3 is 2.53 bits per heavy atom. The van der Waals surface area contributed by atoms with E-state index in [1.807, 2.05) is 24.3 Å². The Hall–Kier alpha value is -0.310. The van der Waals surface area contributed by atoms with E-state index in [-0.39, 0.29) is 35.5 Å². The minimum absolute atomic E-state index is 0. The van der Waals surface area contributed by atoms with Crippen LogP contribution in [0.2, 0.25) is 0 Å². The van der Waals surface area contributed by atoms with Crippen molar-refractivity contribution >= 4 is 35.5 Å². The Morgan fingerprint density at radius 1 is 1.18 bits per heavy atom. The van der Waals surface area contributed by atoms with E-state index in [2.05, 4.69) is 13.8 Å². The van der Waals surface area contributed by atoms with Crippen molar-refractivity contribution < 1.29 is 9.53 Å².